The molecule has 1 atom stereocenters. The summed E-state index contributed by atoms with van der Waals surface area (Å²) in [6.07, 6.45) is 0. The minimum atomic E-state index is -0.831. The number of benzene rings is 2. The van der Waals surface area contributed by atoms with Gasteiger partial charge in [-0.25, -0.2) is 4.39 Å². The normalized spacial score (nSPS) is 16.4. The Balaban J connectivity index is 2.03. The van der Waals surface area contributed by atoms with Crippen LogP contribution in [-0.4, -0.2) is 18.1 Å². The number of anilines is 1. The van der Waals surface area contributed by atoms with E-state index in [9.17, 15) is 9.18 Å². The van der Waals surface area contributed by atoms with Gasteiger partial charge in [-0.05, 0) is 43.4 Å². The van der Waals surface area contributed by atoms with Gasteiger partial charge in [0.25, 0.3) is 5.91 Å². The fourth-order valence-corrected chi connectivity index (χ4v) is 3.48. The van der Waals surface area contributed by atoms with E-state index in [2.05, 4.69) is 16.0 Å². The summed E-state index contributed by atoms with van der Waals surface area (Å²) in [5.74, 6) is -0.444. The number of hydrogen-bond acceptors (Lipinski definition) is 3. The van der Waals surface area contributed by atoms with Gasteiger partial charge in [0, 0.05) is 16.3 Å². The molecular formula is C19H17ClFN3O2S. The highest BCUT2D eigenvalue weighted by molar-refractivity contribution is 7.80. The maximum atomic E-state index is 14.5. The molecule has 0 bridgehead atoms. The number of thiocarbonyl (C=S) groups is 1. The van der Waals surface area contributed by atoms with Crippen LogP contribution in [0.5, 0.6) is 5.75 Å². The van der Waals surface area contributed by atoms with Gasteiger partial charge in [-0.15, -0.1) is 0 Å². The highest BCUT2D eigenvalue weighted by Gasteiger charge is 2.33. The fraction of sp³-hybridized carbons (Fsp3) is 0.158. The molecular weight excluding hydrogens is 389 g/mol. The van der Waals surface area contributed by atoms with Gasteiger partial charge >= 0.3 is 0 Å². The maximum absolute atomic E-state index is 14.5. The summed E-state index contributed by atoms with van der Waals surface area (Å²) >= 11 is 11.4. The number of carbonyl (C=O) groups excluding carboxylic acids is 1. The van der Waals surface area contributed by atoms with Gasteiger partial charge in [-0.3, -0.25) is 4.79 Å². The van der Waals surface area contributed by atoms with Crippen LogP contribution in [0.2, 0.25) is 5.02 Å². The molecule has 5 nitrogen and oxygen atoms in total. The van der Waals surface area contributed by atoms with Crippen molar-refractivity contribution >= 4 is 40.5 Å². The summed E-state index contributed by atoms with van der Waals surface area (Å²) in [5.41, 5.74) is 1.45. The molecule has 0 unspecified atom stereocenters. The van der Waals surface area contributed by atoms with Crippen LogP contribution in [0.3, 0.4) is 0 Å². The van der Waals surface area contributed by atoms with E-state index in [1.807, 2.05) is 0 Å². The Morgan fingerprint density at radius 1 is 1.26 bits per heavy atom. The van der Waals surface area contributed by atoms with E-state index in [0.717, 1.165) is 0 Å². The van der Waals surface area contributed by atoms with Crippen molar-refractivity contribution in [2.45, 2.75) is 13.0 Å². The van der Waals surface area contributed by atoms with Crippen LogP contribution in [-0.2, 0) is 4.79 Å². The first kappa shape index (κ1) is 19.1. The Morgan fingerprint density at radius 2 is 2.00 bits per heavy atom. The van der Waals surface area contributed by atoms with Crippen molar-refractivity contribution < 1.29 is 13.9 Å². The molecule has 1 heterocycles. The molecule has 1 amide bonds. The molecule has 0 saturated carbocycles. The van der Waals surface area contributed by atoms with Gasteiger partial charge in [0.05, 0.1) is 24.4 Å². The number of rotatable bonds is 4. The maximum Gasteiger partial charge on any atom is 0.255 e. The second kappa shape index (κ2) is 7.94. The second-order valence-corrected chi connectivity index (χ2v) is 6.68. The molecule has 27 heavy (non-hydrogen) atoms. The Kier molecular flexibility index (Phi) is 5.62. The minimum Gasteiger partial charge on any atom is -0.495 e. The average Bonchev–Trinajstić information content (AvgIpc) is 2.61. The first-order chi connectivity index (χ1) is 12.9. The van der Waals surface area contributed by atoms with Crippen molar-refractivity contribution in [2.24, 2.45) is 0 Å². The van der Waals surface area contributed by atoms with Crippen LogP contribution in [0.25, 0.3) is 0 Å². The fourth-order valence-electron chi connectivity index (χ4n) is 2.94. The van der Waals surface area contributed by atoms with Crippen molar-refractivity contribution in [1.82, 2.24) is 10.6 Å². The standard InChI is InChI=1S/C19H17ClFN3O2S/c1-10-15(18(25)23-13-8-3-4-9-14(13)26-2)17(24-19(27)22-10)16-11(20)6-5-7-12(16)21/h3-9,17H,1-2H3,(H,23,25)(H2,22,24,27)/t17-/m0/s1. The number of nitrogens with one attached hydrogen (secondary N) is 3. The number of halogens is 2. The summed E-state index contributed by atoms with van der Waals surface area (Å²) in [6.45, 7) is 1.70. The van der Waals surface area contributed by atoms with E-state index in [0.29, 0.717) is 17.1 Å². The summed E-state index contributed by atoms with van der Waals surface area (Å²) in [6, 6.07) is 10.5. The van der Waals surface area contributed by atoms with E-state index in [1.165, 1.54) is 19.2 Å². The molecule has 0 saturated heterocycles. The molecule has 0 radical (unpaired) electrons. The molecule has 0 aliphatic carbocycles. The minimum absolute atomic E-state index is 0.160. The van der Waals surface area contributed by atoms with E-state index in [4.69, 9.17) is 28.6 Å². The Morgan fingerprint density at radius 3 is 2.70 bits per heavy atom. The van der Waals surface area contributed by atoms with Crippen molar-refractivity contribution in [1.29, 1.82) is 0 Å². The van der Waals surface area contributed by atoms with Crippen molar-refractivity contribution in [3.05, 3.63) is 70.1 Å². The molecule has 2 aromatic carbocycles. The highest BCUT2D eigenvalue weighted by atomic mass is 35.5. The zero-order valence-corrected chi connectivity index (χ0v) is 16.2. The monoisotopic (exact) mass is 405 g/mol. The summed E-state index contributed by atoms with van der Waals surface area (Å²) in [7, 11) is 1.51. The van der Waals surface area contributed by atoms with Gasteiger partial charge in [-0.2, -0.15) is 0 Å². The van der Waals surface area contributed by atoms with Crippen LogP contribution in [0.4, 0.5) is 10.1 Å². The second-order valence-electron chi connectivity index (χ2n) is 5.86. The number of hydrogen-bond donors (Lipinski definition) is 3. The molecule has 1 aliphatic rings. The molecule has 2 aromatic rings. The third-order valence-corrected chi connectivity index (χ3v) is 4.71. The number of amides is 1. The van der Waals surface area contributed by atoms with Crippen molar-refractivity contribution in [3.8, 4) is 5.75 Å². The predicted molar refractivity (Wildman–Crippen MR) is 107 cm³/mol. The predicted octanol–water partition coefficient (Wildman–Crippen LogP) is 3.92. The molecule has 0 aromatic heterocycles. The number of carbonyl (C=O) groups is 1. The SMILES string of the molecule is COc1ccccc1NC(=O)C1=C(C)NC(=S)N[C@@H]1c1c(F)cccc1Cl. The van der Waals surface area contributed by atoms with Crippen molar-refractivity contribution in [3.63, 3.8) is 0 Å². The largest absolute Gasteiger partial charge is 0.495 e. The summed E-state index contributed by atoms with van der Waals surface area (Å²) in [4.78, 5) is 13.0. The van der Waals surface area contributed by atoms with Crippen LogP contribution in [0.1, 0.15) is 18.5 Å². The van der Waals surface area contributed by atoms with Gasteiger partial charge < -0.3 is 20.7 Å². The molecule has 8 heteroatoms. The van der Waals surface area contributed by atoms with E-state index in [-0.39, 0.29) is 21.3 Å². The molecule has 140 valence electrons. The number of para-hydroxylation sites is 2. The topological polar surface area (TPSA) is 62.4 Å². The number of allylic oxidation sites excluding steroid dienone is 1. The van der Waals surface area contributed by atoms with E-state index < -0.39 is 17.8 Å². The smallest absolute Gasteiger partial charge is 0.255 e. The van der Waals surface area contributed by atoms with Crippen molar-refractivity contribution in [2.75, 3.05) is 12.4 Å². The summed E-state index contributed by atoms with van der Waals surface area (Å²) in [5, 5.41) is 9.13. The zero-order valence-electron chi connectivity index (χ0n) is 14.6. The van der Waals surface area contributed by atoms with Crippen LogP contribution in [0.15, 0.2) is 53.7 Å². The lowest BCUT2D eigenvalue weighted by Gasteiger charge is -2.31. The van der Waals surface area contributed by atoms with E-state index in [1.54, 1.807) is 37.3 Å². The zero-order chi connectivity index (χ0) is 19.6. The molecule has 3 N–H and O–H groups in total. The lowest BCUT2D eigenvalue weighted by Crippen LogP contribution is -2.46. The van der Waals surface area contributed by atoms with Crippen LogP contribution < -0.4 is 20.7 Å². The summed E-state index contributed by atoms with van der Waals surface area (Å²) < 4.78 is 19.8. The average molecular weight is 406 g/mol. The van der Waals surface area contributed by atoms with Gasteiger partial charge in [0.15, 0.2) is 5.11 Å². The van der Waals surface area contributed by atoms with Gasteiger partial charge in [0.1, 0.15) is 11.6 Å². The van der Waals surface area contributed by atoms with Crippen LogP contribution in [0, 0.1) is 5.82 Å². The third kappa shape index (κ3) is 3.89. The highest BCUT2D eigenvalue weighted by Crippen LogP contribution is 2.34. The first-order valence-corrected chi connectivity index (χ1v) is 8.87. The van der Waals surface area contributed by atoms with Gasteiger partial charge in [-0.1, -0.05) is 29.8 Å². The van der Waals surface area contributed by atoms with Gasteiger partial charge in [0.2, 0.25) is 0 Å². The number of ether oxygens (including phenoxy) is 1. The third-order valence-electron chi connectivity index (χ3n) is 4.16. The number of methoxy groups -OCH3 is 1. The molecule has 0 spiro atoms. The lowest BCUT2D eigenvalue weighted by atomic mass is 9.94. The van der Waals surface area contributed by atoms with E-state index >= 15 is 0 Å². The molecule has 1 aliphatic heterocycles. The molecule has 3 rings (SSSR count). The van der Waals surface area contributed by atoms with Crippen LogP contribution >= 0.6 is 23.8 Å². The molecule has 0 fully saturated rings. The Bertz CT molecular complexity index is 928. The Hall–Kier alpha value is -2.64. The lowest BCUT2D eigenvalue weighted by molar-refractivity contribution is -0.113. The first-order valence-electron chi connectivity index (χ1n) is 8.09. The Labute approximate surface area is 166 Å². The quantitative estimate of drug-likeness (QED) is 0.673.